The summed E-state index contributed by atoms with van der Waals surface area (Å²) in [4.78, 5) is 18.9. The molecular weight excluding hydrogens is 392 g/mol. The number of carbonyl (C=O) groups is 1. The Morgan fingerprint density at radius 1 is 1.19 bits per heavy atom. The minimum atomic E-state index is 0.131. The molecule has 1 aromatic carbocycles. The van der Waals surface area contributed by atoms with Crippen molar-refractivity contribution < 1.29 is 14.3 Å². The fourth-order valence-corrected chi connectivity index (χ4v) is 4.45. The summed E-state index contributed by atoms with van der Waals surface area (Å²) in [5, 5.41) is 6.17. The van der Waals surface area contributed by atoms with Gasteiger partial charge in [-0.15, -0.1) is 0 Å². The van der Waals surface area contributed by atoms with Crippen LogP contribution in [0.4, 0.5) is 0 Å². The lowest BCUT2D eigenvalue weighted by atomic mass is 9.93. The molecular formula is C24H38N4O3. The maximum atomic E-state index is 11.7. The van der Waals surface area contributed by atoms with E-state index in [0.717, 1.165) is 68.3 Å². The molecule has 1 heterocycles. The van der Waals surface area contributed by atoms with Crippen molar-refractivity contribution in [1.82, 2.24) is 15.5 Å². The molecule has 1 aliphatic heterocycles. The molecule has 1 saturated carbocycles. The van der Waals surface area contributed by atoms with E-state index in [1.165, 1.54) is 12.8 Å². The molecule has 2 aliphatic rings. The maximum absolute atomic E-state index is 11.7. The molecule has 0 atom stereocenters. The number of methoxy groups -OCH3 is 1. The van der Waals surface area contributed by atoms with Crippen molar-refractivity contribution in [2.45, 2.75) is 64.5 Å². The number of benzene rings is 1. The van der Waals surface area contributed by atoms with Gasteiger partial charge < -0.3 is 25.0 Å². The summed E-state index contributed by atoms with van der Waals surface area (Å²) in [5.41, 5.74) is 1.05. The quantitative estimate of drug-likeness (QED) is 0.489. The monoisotopic (exact) mass is 430 g/mol. The molecule has 7 nitrogen and oxygen atoms in total. The van der Waals surface area contributed by atoms with Gasteiger partial charge in [0.05, 0.1) is 19.8 Å². The first-order chi connectivity index (χ1) is 15.1. The van der Waals surface area contributed by atoms with Crippen LogP contribution in [0.5, 0.6) is 11.5 Å². The van der Waals surface area contributed by atoms with Crippen molar-refractivity contribution in [3.05, 3.63) is 23.8 Å². The largest absolute Gasteiger partial charge is 0.493 e. The fourth-order valence-electron chi connectivity index (χ4n) is 4.45. The molecule has 0 unspecified atom stereocenters. The van der Waals surface area contributed by atoms with Gasteiger partial charge in [-0.25, -0.2) is 4.99 Å². The SMILES string of the molecule is CCNC(=NCc1cccc(OC)c1OC1CCCC1)N1CCC(CC(=O)NC)CC1. The number of ether oxygens (including phenoxy) is 2. The second kappa shape index (κ2) is 11.8. The number of nitrogens with zero attached hydrogens (tertiary/aromatic N) is 2. The number of aliphatic imine (C=N–C) groups is 1. The summed E-state index contributed by atoms with van der Waals surface area (Å²) >= 11 is 0. The first-order valence-electron chi connectivity index (χ1n) is 11.7. The van der Waals surface area contributed by atoms with E-state index in [9.17, 15) is 4.79 Å². The Morgan fingerprint density at radius 2 is 1.94 bits per heavy atom. The van der Waals surface area contributed by atoms with Crippen molar-refractivity contribution >= 4 is 11.9 Å². The van der Waals surface area contributed by atoms with Crippen LogP contribution in [0.1, 0.15) is 57.4 Å². The van der Waals surface area contributed by atoms with Crippen molar-refractivity contribution in [1.29, 1.82) is 0 Å². The Kier molecular flexibility index (Phi) is 8.85. The van der Waals surface area contributed by atoms with Crippen LogP contribution in [-0.4, -0.2) is 56.7 Å². The number of likely N-dealkylation sites (tertiary alicyclic amines) is 1. The molecule has 0 bridgehead atoms. The van der Waals surface area contributed by atoms with Gasteiger partial charge >= 0.3 is 0 Å². The Bertz CT molecular complexity index is 738. The number of piperidine rings is 1. The zero-order valence-corrected chi connectivity index (χ0v) is 19.3. The summed E-state index contributed by atoms with van der Waals surface area (Å²) in [5.74, 6) is 3.12. The Hall–Kier alpha value is -2.44. The van der Waals surface area contributed by atoms with Crippen LogP contribution < -0.4 is 20.1 Å². The first-order valence-corrected chi connectivity index (χ1v) is 11.7. The second-order valence-electron chi connectivity index (χ2n) is 8.45. The van der Waals surface area contributed by atoms with Crippen molar-refractivity contribution in [3.63, 3.8) is 0 Å². The summed E-state index contributed by atoms with van der Waals surface area (Å²) in [6.07, 6.45) is 7.57. The van der Waals surface area contributed by atoms with Crippen LogP contribution >= 0.6 is 0 Å². The number of rotatable bonds is 8. The lowest BCUT2D eigenvalue weighted by molar-refractivity contribution is -0.121. The molecule has 172 valence electrons. The Labute approximate surface area is 186 Å². The van der Waals surface area contributed by atoms with Crippen LogP contribution in [0, 0.1) is 5.92 Å². The molecule has 2 N–H and O–H groups in total. The van der Waals surface area contributed by atoms with E-state index >= 15 is 0 Å². The van der Waals surface area contributed by atoms with Crippen molar-refractivity contribution in [3.8, 4) is 11.5 Å². The molecule has 7 heteroatoms. The fraction of sp³-hybridized carbons (Fsp3) is 0.667. The zero-order valence-electron chi connectivity index (χ0n) is 19.3. The van der Waals surface area contributed by atoms with Crippen LogP contribution in [0.15, 0.2) is 23.2 Å². The van der Waals surface area contributed by atoms with E-state index in [4.69, 9.17) is 14.5 Å². The Balaban J connectivity index is 1.68. The molecule has 0 spiro atoms. The minimum Gasteiger partial charge on any atom is -0.493 e. The van der Waals surface area contributed by atoms with Crippen molar-refractivity contribution in [2.24, 2.45) is 10.9 Å². The summed E-state index contributed by atoms with van der Waals surface area (Å²) in [7, 11) is 3.40. The van der Waals surface area contributed by atoms with Gasteiger partial charge in [-0.2, -0.15) is 0 Å². The number of guanidine groups is 1. The molecule has 31 heavy (non-hydrogen) atoms. The molecule has 1 aliphatic carbocycles. The lowest BCUT2D eigenvalue weighted by Crippen LogP contribution is -2.46. The standard InChI is InChI=1S/C24H38N4O3/c1-4-26-24(28-14-12-18(13-15-28)16-22(29)25-2)27-17-19-8-7-11-21(30-3)23(19)31-20-9-5-6-10-20/h7-8,11,18,20H,4-6,9-10,12-17H2,1-3H3,(H,25,29)(H,26,27). The van der Waals surface area contributed by atoms with Crippen LogP contribution in [0.2, 0.25) is 0 Å². The van der Waals surface area contributed by atoms with Gasteiger partial charge in [0.2, 0.25) is 5.91 Å². The highest BCUT2D eigenvalue weighted by Crippen LogP contribution is 2.35. The summed E-state index contributed by atoms with van der Waals surface area (Å²) in [6.45, 7) is 5.28. The number of nitrogens with one attached hydrogen (secondary N) is 2. The molecule has 1 amide bonds. The van der Waals surface area contributed by atoms with Gasteiger partial charge in [-0.3, -0.25) is 4.79 Å². The number of hydrogen-bond donors (Lipinski definition) is 2. The minimum absolute atomic E-state index is 0.131. The molecule has 3 rings (SSSR count). The van der Waals surface area contributed by atoms with E-state index in [1.54, 1.807) is 14.2 Å². The summed E-state index contributed by atoms with van der Waals surface area (Å²) in [6, 6.07) is 6.04. The van der Waals surface area contributed by atoms with E-state index in [0.29, 0.717) is 18.9 Å². The molecule has 1 aromatic rings. The highest BCUT2D eigenvalue weighted by Gasteiger charge is 2.24. The third-order valence-corrected chi connectivity index (χ3v) is 6.27. The smallest absolute Gasteiger partial charge is 0.220 e. The maximum Gasteiger partial charge on any atom is 0.220 e. The third-order valence-electron chi connectivity index (χ3n) is 6.27. The number of hydrogen-bond acceptors (Lipinski definition) is 4. The van der Waals surface area contributed by atoms with Gasteiger partial charge in [0.1, 0.15) is 0 Å². The number of para-hydroxylation sites is 1. The number of carbonyl (C=O) groups excluding carboxylic acids is 1. The highest BCUT2D eigenvalue weighted by molar-refractivity contribution is 5.80. The second-order valence-corrected chi connectivity index (χ2v) is 8.45. The molecule has 1 saturated heterocycles. The summed E-state index contributed by atoms with van der Waals surface area (Å²) < 4.78 is 11.9. The first kappa shape index (κ1) is 23.2. The van der Waals surface area contributed by atoms with Gasteiger partial charge in [-0.05, 0) is 57.4 Å². The van der Waals surface area contributed by atoms with E-state index < -0.39 is 0 Å². The molecule has 2 fully saturated rings. The van der Waals surface area contributed by atoms with Crippen LogP contribution in [0.3, 0.4) is 0 Å². The average Bonchev–Trinajstić information content (AvgIpc) is 3.31. The normalized spacial score (nSPS) is 18.2. The predicted octanol–water partition coefficient (Wildman–Crippen LogP) is 3.33. The molecule has 0 radical (unpaired) electrons. The molecule has 0 aromatic heterocycles. The van der Waals surface area contributed by atoms with E-state index in [2.05, 4.69) is 28.5 Å². The van der Waals surface area contributed by atoms with Crippen LogP contribution in [0.25, 0.3) is 0 Å². The average molecular weight is 431 g/mol. The van der Waals surface area contributed by atoms with E-state index in [1.807, 2.05) is 12.1 Å². The van der Waals surface area contributed by atoms with E-state index in [-0.39, 0.29) is 12.0 Å². The van der Waals surface area contributed by atoms with Gasteiger partial charge in [0.25, 0.3) is 0 Å². The highest BCUT2D eigenvalue weighted by atomic mass is 16.5. The zero-order chi connectivity index (χ0) is 22.1. The van der Waals surface area contributed by atoms with Gasteiger partial charge in [0, 0.05) is 38.7 Å². The Morgan fingerprint density at radius 3 is 2.58 bits per heavy atom. The topological polar surface area (TPSA) is 75.2 Å². The van der Waals surface area contributed by atoms with Gasteiger partial charge in [0.15, 0.2) is 17.5 Å². The third kappa shape index (κ3) is 6.52. The predicted molar refractivity (Wildman–Crippen MR) is 124 cm³/mol. The van der Waals surface area contributed by atoms with Crippen molar-refractivity contribution in [2.75, 3.05) is 33.8 Å². The van der Waals surface area contributed by atoms with Crippen LogP contribution in [-0.2, 0) is 11.3 Å². The lowest BCUT2D eigenvalue weighted by Gasteiger charge is -2.34. The number of amides is 1. The van der Waals surface area contributed by atoms with Gasteiger partial charge in [-0.1, -0.05) is 12.1 Å².